The Labute approximate surface area is 126 Å². The summed E-state index contributed by atoms with van der Waals surface area (Å²) in [4.78, 5) is 10.5. The predicted octanol–water partition coefficient (Wildman–Crippen LogP) is 3.11. The second-order valence-electron chi connectivity index (χ2n) is 4.25. The van der Waals surface area contributed by atoms with E-state index in [9.17, 15) is 13.2 Å². The highest BCUT2D eigenvalue weighted by atomic mass is 35.5. The van der Waals surface area contributed by atoms with Crippen LogP contribution in [-0.2, 0) is 10.1 Å². The van der Waals surface area contributed by atoms with Gasteiger partial charge in [-0.3, -0.25) is 0 Å². The first-order valence-electron chi connectivity index (χ1n) is 5.84. The number of rotatable bonds is 4. The summed E-state index contributed by atoms with van der Waals surface area (Å²) in [6.07, 6.45) is 0. The molecule has 0 saturated heterocycles. The third-order valence-corrected chi connectivity index (χ3v) is 4.46. The predicted molar refractivity (Wildman–Crippen MR) is 77.4 cm³/mol. The maximum atomic E-state index is 12.2. The second kappa shape index (κ2) is 5.75. The van der Waals surface area contributed by atoms with Crippen LogP contribution in [0.1, 0.15) is 15.9 Å². The van der Waals surface area contributed by atoms with E-state index in [2.05, 4.69) is 0 Å². The van der Waals surface area contributed by atoms with Crippen LogP contribution in [0.3, 0.4) is 0 Å². The van der Waals surface area contributed by atoms with Gasteiger partial charge in [0.2, 0.25) is 0 Å². The molecule has 0 aromatic heterocycles. The summed E-state index contributed by atoms with van der Waals surface area (Å²) in [5, 5.41) is 8.82. The zero-order valence-electron chi connectivity index (χ0n) is 10.9. The highest BCUT2D eigenvalue weighted by Gasteiger charge is 2.22. The molecule has 0 unspecified atom stereocenters. The number of hydrogen-bond acceptors (Lipinski definition) is 4. The minimum Gasteiger partial charge on any atom is -0.478 e. The third kappa shape index (κ3) is 3.34. The first-order chi connectivity index (χ1) is 9.81. The van der Waals surface area contributed by atoms with E-state index >= 15 is 0 Å². The zero-order chi connectivity index (χ0) is 15.6. The van der Waals surface area contributed by atoms with Gasteiger partial charge in [-0.25, -0.2) is 4.79 Å². The van der Waals surface area contributed by atoms with Crippen molar-refractivity contribution in [3.05, 3.63) is 58.6 Å². The second-order valence-corrected chi connectivity index (χ2v) is 6.18. The Bertz CT molecular complexity index is 799. The monoisotopic (exact) mass is 326 g/mol. The fourth-order valence-corrected chi connectivity index (χ4v) is 3.13. The van der Waals surface area contributed by atoms with Crippen molar-refractivity contribution in [2.24, 2.45) is 0 Å². The molecule has 0 radical (unpaired) electrons. The fourth-order valence-electron chi connectivity index (χ4n) is 1.64. The van der Waals surface area contributed by atoms with Crippen LogP contribution in [0.5, 0.6) is 5.75 Å². The summed E-state index contributed by atoms with van der Waals surface area (Å²) >= 11 is 5.84. The maximum Gasteiger partial charge on any atom is 0.340 e. The largest absolute Gasteiger partial charge is 0.478 e. The maximum absolute atomic E-state index is 12.2. The van der Waals surface area contributed by atoms with Gasteiger partial charge in [-0.05, 0) is 36.8 Å². The van der Waals surface area contributed by atoms with Crippen LogP contribution in [0.15, 0.2) is 47.4 Å². The van der Waals surface area contributed by atoms with E-state index in [1.54, 1.807) is 25.1 Å². The van der Waals surface area contributed by atoms with Crippen LogP contribution in [0.2, 0.25) is 5.02 Å². The molecule has 0 saturated carbocycles. The van der Waals surface area contributed by atoms with Gasteiger partial charge in [-0.2, -0.15) is 8.42 Å². The van der Waals surface area contributed by atoms with Crippen LogP contribution in [0.25, 0.3) is 0 Å². The molecule has 2 aromatic carbocycles. The van der Waals surface area contributed by atoms with Gasteiger partial charge >= 0.3 is 16.1 Å². The van der Waals surface area contributed by atoms with Crippen molar-refractivity contribution >= 4 is 27.7 Å². The smallest absolute Gasteiger partial charge is 0.340 e. The Hall–Kier alpha value is -2.05. The van der Waals surface area contributed by atoms with Crippen molar-refractivity contribution < 1.29 is 22.5 Å². The van der Waals surface area contributed by atoms with Crippen LogP contribution >= 0.6 is 11.6 Å². The number of hydrogen-bond donors (Lipinski definition) is 1. The standard InChI is InChI=1S/C14H11ClO5S/c1-9-4-2-3-5-12(9)20-21(18,19)13-8-10(14(16)17)6-7-11(13)15/h2-8H,1H3,(H,16,17). The van der Waals surface area contributed by atoms with Gasteiger partial charge in [0.15, 0.2) is 0 Å². The molecule has 0 atom stereocenters. The number of carboxylic acids is 1. The minimum absolute atomic E-state index is 0.103. The van der Waals surface area contributed by atoms with Gasteiger partial charge in [0.25, 0.3) is 0 Å². The minimum atomic E-state index is -4.22. The van der Waals surface area contributed by atoms with E-state index in [0.717, 1.165) is 6.07 Å². The lowest BCUT2D eigenvalue weighted by Gasteiger charge is -2.10. The Morgan fingerprint density at radius 1 is 1.19 bits per heavy atom. The van der Waals surface area contributed by atoms with Crippen molar-refractivity contribution in [1.29, 1.82) is 0 Å². The van der Waals surface area contributed by atoms with Gasteiger partial charge < -0.3 is 9.29 Å². The molecule has 110 valence electrons. The molecule has 0 aliphatic rings. The molecule has 0 amide bonds. The third-order valence-electron chi connectivity index (χ3n) is 2.74. The van der Waals surface area contributed by atoms with Crippen molar-refractivity contribution in [2.45, 2.75) is 11.8 Å². The van der Waals surface area contributed by atoms with Gasteiger partial charge in [0.05, 0.1) is 10.6 Å². The number of carboxylic acid groups (broad SMARTS) is 1. The van der Waals surface area contributed by atoms with Crippen LogP contribution in [0, 0.1) is 6.92 Å². The van der Waals surface area contributed by atoms with Crippen molar-refractivity contribution in [1.82, 2.24) is 0 Å². The number of aromatic carboxylic acids is 1. The van der Waals surface area contributed by atoms with Crippen LogP contribution in [-0.4, -0.2) is 19.5 Å². The molecule has 1 N–H and O–H groups in total. The summed E-state index contributed by atoms with van der Waals surface area (Å²) in [6.45, 7) is 1.69. The molecule has 0 bridgehead atoms. The lowest BCUT2D eigenvalue weighted by molar-refractivity contribution is 0.0696. The molecule has 0 fully saturated rings. The molecular weight excluding hydrogens is 316 g/mol. The van der Waals surface area contributed by atoms with E-state index in [4.69, 9.17) is 20.9 Å². The van der Waals surface area contributed by atoms with E-state index in [-0.39, 0.29) is 21.2 Å². The Morgan fingerprint density at radius 2 is 1.86 bits per heavy atom. The molecule has 0 heterocycles. The highest BCUT2D eigenvalue weighted by Crippen LogP contribution is 2.27. The molecule has 0 spiro atoms. The normalized spacial score (nSPS) is 11.1. The lowest BCUT2D eigenvalue weighted by atomic mass is 10.2. The summed E-state index contributed by atoms with van der Waals surface area (Å²) < 4.78 is 29.5. The molecular formula is C14H11ClO5S. The number of para-hydroxylation sites is 1. The Balaban J connectivity index is 2.47. The number of benzene rings is 2. The van der Waals surface area contributed by atoms with E-state index in [1.165, 1.54) is 18.2 Å². The lowest BCUT2D eigenvalue weighted by Crippen LogP contribution is -2.12. The Morgan fingerprint density at radius 3 is 2.48 bits per heavy atom. The van der Waals surface area contributed by atoms with Gasteiger partial charge in [0, 0.05) is 0 Å². The molecule has 7 heteroatoms. The average molecular weight is 327 g/mol. The van der Waals surface area contributed by atoms with E-state index in [0.29, 0.717) is 5.56 Å². The molecule has 2 aromatic rings. The zero-order valence-corrected chi connectivity index (χ0v) is 12.5. The number of carbonyl (C=O) groups is 1. The molecule has 0 aliphatic carbocycles. The molecule has 0 aliphatic heterocycles. The van der Waals surface area contributed by atoms with Crippen LogP contribution < -0.4 is 4.18 Å². The fraction of sp³-hybridized carbons (Fsp3) is 0.0714. The molecule has 2 rings (SSSR count). The Kier molecular flexibility index (Phi) is 4.20. The molecule has 5 nitrogen and oxygen atoms in total. The summed E-state index contributed by atoms with van der Waals surface area (Å²) in [6, 6.07) is 9.97. The number of aryl methyl sites for hydroxylation is 1. The number of halogens is 1. The summed E-state index contributed by atoms with van der Waals surface area (Å²) in [5.74, 6) is -1.09. The van der Waals surface area contributed by atoms with Gasteiger partial charge in [-0.1, -0.05) is 29.8 Å². The van der Waals surface area contributed by atoms with Crippen LogP contribution in [0.4, 0.5) is 0 Å². The highest BCUT2D eigenvalue weighted by molar-refractivity contribution is 7.87. The SMILES string of the molecule is Cc1ccccc1OS(=O)(=O)c1cc(C(=O)O)ccc1Cl. The van der Waals surface area contributed by atoms with E-state index < -0.39 is 16.1 Å². The van der Waals surface area contributed by atoms with Gasteiger partial charge in [-0.15, -0.1) is 0 Å². The quantitative estimate of drug-likeness (QED) is 0.873. The van der Waals surface area contributed by atoms with Crippen molar-refractivity contribution in [3.8, 4) is 5.75 Å². The summed E-state index contributed by atoms with van der Waals surface area (Å²) in [7, 11) is -4.22. The topological polar surface area (TPSA) is 80.7 Å². The van der Waals surface area contributed by atoms with Crippen molar-refractivity contribution in [2.75, 3.05) is 0 Å². The summed E-state index contributed by atoms with van der Waals surface area (Å²) in [5.41, 5.74) is 0.443. The van der Waals surface area contributed by atoms with E-state index in [1.807, 2.05) is 0 Å². The first-order valence-corrected chi connectivity index (χ1v) is 7.63. The van der Waals surface area contributed by atoms with Gasteiger partial charge in [0.1, 0.15) is 10.6 Å². The first kappa shape index (κ1) is 15.3. The average Bonchev–Trinajstić information content (AvgIpc) is 2.41. The van der Waals surface area contributed by atoms with Crippen molar-refractivity contribution in [3.63, 3.8) is 0 Å². The molecule has 21 heavy (non-hydrogen) atoms.